The second-order valence-electron chi connectivity index (χ2n) is 7.90. The molecule has 0 aromatic carbocycles. The van der Waals surface area contributed by atoms with Crippen molar-refractivity contribution < 1.29 is 0 Å². The topological polar surface area (TPSA) is 90.8 Å². The van der Waals surface area contributed by atoms with Gasteiger partial charge in [-0.05, 0) is 31.2 Å². The van der Waals surface area contributed by atoms with Gasteiger partial charge in [-0.1, -0.05) is 0 Å². The van der Waals surface area contributed by atoms with Gasteiger partial charge in [-0.2, -0.15) is 15.2 Å². The number of aromatic nitrogens is 6. The molecule has 1 aliphatic carbocycles. The zero-order valence-electron chi connectivity index (χ0n) is 16.1. The van der Waals surface area contributed by atoms with Crippen molar-refractivity contribution in [3.8, 4) is 0 Å². The molecule has 0 saturated carbocycles. The Labute approximate surface area is 161 Å². The summed E-state index contributed by atoms with van der Waals surface area (Å²) in [7, 11) is 3.52. The Hall–Kier alpha value is -2.97. The number of hydrogen-bond acceptors (Lipinski definition) is 6. The Morgan fingerprint density at radius 2 is 1.93 bits per heavy atom. The maximum Gasteiger partial charge on any atom is 0.267 e. The largest absolute Gasteiger partial charge is 0.341 e. The zero-order valence-corrected chi connectivity index (χ0v) is 16.1. The van der Waals surface area contributed by atoms with Crippen LogP contribution in [0.15, 0.2) is 21.9 Å². The molecule has 1 saturated heterocycles. The van der Waals surface area contributed by atoms with Gasteiger partial charge in [0.05, 0.1) is 18.4 Å². The fourth-order valence-electron chi connectivity index (χ4n) is 4.26. The molecule has 4 heterocycles. The summed E-state index contributed by atoms with van der Waals surface area (Å²) in [6, 6.07) is 1.76. The van der Waals surface area contributed by atoms with E-state index in [1.54, 1.807) is 40.3 Å². The van der Waals surface area contributed by atoms with Crippen LogP contribution in [0, 0.1) is 5.92 Å². The van der Waals surface area contributed by atoms with E-state index in [1.165, 1.54) is 0 Å². The van der Waals surface area contributed by atoms with Gasteiger partial charge in [-0.3, -0.25) is 18.8 Å². The maximum atomic E-state index is 12.5. The molecule has 2 aliphatic rings. The molecule has 1 aliphatic heterocycles. The molecule has 5 rings (SSSR count). The van der Waals surface area contributed by atoms with Crippen molar-refractivity contribution in [3.05, 3.63) is 44.2 Å². The molecule has 0 N–H and O–H groups in total. The summed E-state index contributed by atoms with van der Waals surface area (Å²) in [5.74, 6) is 0.953. The fraction of sp³-hybridized carbons (Fsp3) is 0.526. The van der Waals surface area contributed by atoms with Crippen molar-refractivity contribution in [3.63, 3.8) is 0 Å². The molecule has 3 aromatic rings. The zero-order chi connectivity index (χ0) is 19.4. The van der Waals surface area contributed by atoms with E-state index in [-0.39, 0.29) is 11.1 Å². The first kappa shape index (κ1) is 17.2. The Bertz CT molecular complexity index is 1180. The fourth-order valence-corrected chi connectivity index (χ4v) is 4.26. The van der Waals surface area contributed by atoms with Crippen LogP contribution >= 0.6 is 0 Å². The SMILES string of the molecule is Cn1c(N2CC(Cn3nc4c(cc3=O)CCCC4)C2)nc2c(cnn2C)c1=O. The van der Waals surface area contributed by atoms with Crippen LogP contribution in [-0.4, -0.2) is 42.2 Å². The van der Waals surface area contributed by atoms with Gasteiger partial charge in [0.1, 0.15) is 5.39 Å². The third-order valence-electron chi connectivity index (χ3n) is 5.89. The summed E-state index contributed by atoms with van der Waals surface area (Å²) < 4.78 is 4.81. The normalized spacial score (nSPS) is 17.0. The molecule has 3 aromatic heterocycles. The van der Waals surface area contributed by atoms with E-state index in [1.807, 2.05) is 0 Å². The molecule has 9 nitrogen and oxygen atoms in total. The number of anilines is 1. The van der Waals surface area contributed by atoms with Crippen molar-refractivity contribution in [2.75, 3.05) is 18.0 Å². The standard InChI is InChI=1S/C19H23N7O2/c1-23-18(28)14-8-20-24(2)17(14)21-19(23)25-9-12(10-25)11-26-16(27)7-13-5-3-4-6-15(13)22-26/h7-8,12H,3-6,9-11H2,1-2H3. The number of nitrogens with zero attached hydrogens (tertiary/aromatic N) is 7. The number of aryl methyl sites for hydroxylation is 3. The highest BCUT2D eigenvalue weighted by molar-refractivity contribution is 5.74. The van der Waals surface area contributed by atoms with Gasteiger partial charge >= 0.3 is 0 Å². The Morgan fingerprint density at radius 3 is 2.75 bits per heavy atom. The molecule has 0 unspecified atom stereocenters. The molecular formula is C19H23N7O2. The lowest BCUT2D eigenvalue weighted by atomic mass is 9.97. The summed E-state index contributed by atoms with van der Waals surface area (Å²) in [6.45, 7) is 2.09. The predicted molar refractivity (Wildman–Crippen MR) is 105 cm³/mol. The van der Waals surface area contributed by atoms with Gasteiger partial charge in [0, 0.05) is 39.2 Å². The number of rotatable bonds is 3. The minimum atomic E-state index is -0.0934. The van der Waals surface area contributed by atoms with Crippen LogP contribution in [0.4, 0.5) is 5.95 Å². The smallest absolute Gasteiger partial charge is 0.267 e. The monoisotopic (exact) mass is 381 g/mol. The average molecular weight is 381 g/mol. The van der Waals surface area contributed by atoms with Crippen LogP contribution < -0.4 is 16.0 Å². The second kappa shape index (κ2) is 6.29. The quantitative estimate of drug-likeness (QED) is 0.645. The van der Waals surface area contributed by atoms with Crippen LogP contribution in [0.5, 0.6) is 0 Å². The molecule has 0 bridgehead atoms. The first-order valence-corrected chi connectivity index (χ1v) is 9.75. The maximum absolute atomic E-state index is 12.5. The highest BCUT2D eigenvalue weighted by atomic mass is 16.1. The van der Waals surface area contributed by atoms with Gasteiger partial charge in [0.15, 0.2) is 5.65 Å². The summed E-state index contributed by atoms with van der Waals surface area (Å²) in [5, 5.41) is 9.27. The van der Waals surface area contributed by atoms with E-state index in [9.17, 15) is 9.59 Å². The van der Waals surface area contributed by atoms with Crippen molar-refractivity contribution >= 4 is 17.0 Å². The van der Waals surface area contributed by atoms with Gasteiger partial charge < -0.3 is 4.90 Å². The van der Waals surface area contributed by atoms with Crippen molar-refractivity contribution in [2.45, 2.75) is 32.2 Å². The van der Waals surface area contributed by atoms with Gasteiger partial charge in [-0.25, -0.2) is 4.68 Å². The Morgan fingerprint density at radius 1 is 1.14 bits per heavy atom. The Balaban J connectivity index is 1.35. The van der Waals surface area contributed by atoms with Crippen LogP contribution in [-0.2, 0) is 33.5 Å². The third kappa shape index (κ3) is 2.64. The lowest BCUT2D eigenvalue weighted by Gasteiger charge is -2.40. The average Bonchev–Trinajstić information content (AvgIpc) is 3.02. The minimum absolute atomic E-state index is 0.0130. The van der Waals surface area contributed by atoms with E-state index in [4.69, 9.17) is 0 Å². The summed E-state index contributed by atoms with van der Waals surface area (Å²) in [6.07, 6.45) is 5.77. The van der Waals surface area contributed by atoms with Crippen LogP contribution in [0.2, 0.25) is 0 Å². The van der Waals surface area contributed by atoms with Crippen LogP contribution in [0.3, 0.4) is 0 Å². The van der Waals surface area contributed by atoms with E-state index < -0.39 is 0 Å². The second-order valence-corrected chi connectivity index (χ2v) is 7.90. The molecule has 28 heavy (non-hydrogen) atoms. The number of hydrogen-bond donors (Lipinski definition) is 0. The van der Waals surface area contributed by atoms with E-state index in [0.717, 1.165) is 50.0 Å². The molecule has 0 radical (unpaired) electrons. The van der Waals surface area contributed by atoms with E-state index in [0.29, 0.717) is 29.4 Å². The highest BCUT2D eigenvalue weighted by Crippen LogP contribution is 2.24. The first-order chi connectivity index (χ1) is 13.5. The third-order valence-corrected chi connectivity index (χ3v) is 5.89. The van der Waals surface area contributed by atoms with Crippen molar-refractivity contribution in [1.29, 1.82) is 0 Å². The van der Waals surface area contributed by atoms with Crippen molar-refractivity contribution in [1.82, 2.24) is 29.1 Å². The van der Waals surface area contributed by atoms with Gasteiger partial charge in [0.2, 0.25) is 5.95 Å². The predicted octanol–water partition coefficient (Wildman–Crippen LogP) is 0.239. The van der Waals surface area contributed by atoms with E-state index >= 15 is 0 Å². The first-order valence-electron chi connectivity index (χ1n) is 9.75. The van der Waals surface area contributed by atoms with Crippen LogP contribution in [0.1, 0.15) is 24.1 Å². The van der Waals surface area contributed by atoms with Crippen LogP contribution in [0.25, 0.3) is 11.0 Å². The molecule has 0 atom stereocenters. The minimum Gasteiger partial charge on any atom is -0.341 e. The summed E-state index contributed by atoms with van der Waals surface area (Å²) in [5.41, 5.74) is 2.68. The molecule has 9 heteroatoms. The highest BCUT2D eigenvalue weighted by Gasteiger charge is 2.31. The molecule has 1 fully saturated rings. The molecule has 0 amide bonds. The lowest BCUT2D eigenvalue weighted by molar-refractivity contribution is 0.325. The molecule has 146 valence electrons. The lowest BCUT2D eigenvalue weighted by Crippen LogP contribution is -2.51. The summed E-state index contributed by atoms with van der Waals surface area (Å²) >= 11 is 0. The summed E-state index contributed by atoms with van der Waals surface area (Å²) in [4.78, 5) is 31.6. The van der Waals surface area contributed by atoms with Crippen molar-refractivity contribution in [2.24, 2.45) is 20.0 Å². The van der Waals surface area contributed by atoms with Gasteiger partial charge in [-0.15, -0.1) is 0 Å². The molecule has 0 spiro atoms. The van der Waals surface area contributed by atoms with Gasteiger partial charge in [0.25, 0.3) is 11.1 Å². The number of fused-ring (bicyclic) bond motifs is 2. The molecular weight excluding hydrogens is 358 g/mol. The Kier molecular flexibility index (Phi) is 3.85. The van der Waals surface area contributed by atoms with E-state index in [2.05, 4.69) is 20.1 Å².